The Hall–Kier alpha value is -1.08. The maximum Gasteiger partial charge on any atom is 0.150 e. The van der Waals surface area contributed by atoms with Crippen molar-refractivity contribution in [3.05, 3.63) is 45.2 Å². The van der Waals surface area contributed by atoms with Crippen molar-refractivity contribution in [2.45, 2.75) is 0 Å². The van der Waals surface area contributed by atoms with Crippen molar-refractivity contribution in [1.82, 2.24) is 9.97 Å². The quantitative estimate of drug-likeness (QED) is 0.818. The highest BCUT2D eigenvalue weighted by Gasteiger charge is 2.11. The average Bonchev–Trinajstić information content (AvgIpc) is 2.23. The summed E-state index contributed by atoms with van der Waals surface area (Å²) >= 11 is 6.14. The average molecular weight is 365 g/mol. The summed E-state index contributed by atoms with van der Waals surface area (Å²) in [5.74, 6) is -1.11. The predicted octanol–water partition coefficient (Wildman–Crippen LogP) is 4.02. The molecular weight excluding hydrogens is 360 g/mol. The van der Waals surface area contributed by atoms with E-state index in [-0.39, 0.29) is 5.69 Å². The van der Waals surface area contributed by atoms with Crippen LogP contribution in [0, 0.1) is 11.6 Å². The highest BCUT2D eigenvalue weighted by Crippen LogP contribution is 2.26. The summed E-state index contributed by atoms with van der Waals surface area (Å²) in [6, 6.07) is 3.85. The lowest BCUT2D eigenvalue weighted by Gasteiger charge is -2.08. The predicted molar refractivity (Wildman–Crippen MR) is 67.1 cm³/mol. The van der Waals surface area contributed by atoms with E-state index in [0.29, 0.717) is 14.9 Å². The van der Waals surface area contributed by atoms with Crippen LogP contribution in [0.15, 0.2) is 33.6 Å². The molecule has 0 spiro atoms. The van der Waals surface area contributed by atoms with Gasteiger partial charge >= 0.3 is 0 Å². The number of rotatable bonds is 2. The Morgan fingerprint density at radius 2 is 1.65 bits per heavy atom. The summed E-state index contributed by atoms with van der Waals surface area (Å²) in [5, 5.41) is 2.56. The summed E-state index contributed by atoms with van der Waals surface area (Å²) < 4.78 is 27.9. The zero-order valence-corrected chi connectivity index (χ0v) is 11.4. The zero-order chi connectivity index (χ0) is 12.4. The summed E-state index contributed by atoms with van der Waals surface area (Å²) in [7, 11) is 0. The first-order valence-electron chi connectivity index (χ1n) is 4.45. The van der Waals surface area contributed by atoms with Crippen molar-refractivity contribution in [3.63, 3.8) is 0 Å². The van der Waals surface area contributed by atoms with Crippen LogP contribution in [0.1, 0.15) is 0 Å². The molecule has 0 atom stereocenters. The molecule has 2 aromatic rings. The lowest BCUT2D eigenvalue weighted by molar-refractivity contribution is 0.589. The first-order chi connectivity index (χ1) is 8.06. The molecule has 1 heterocycles. The van der Waals surface area contributed by atoms with Crippen LogP contribution in [0.4, 0.5) is 20.3 Å². The summed E-state index contributed by atoms with van der Waals surface area (Å²) in [6.07, 6.45) is 1.28. The van der Waals surface area contributed by atoms with E-state index in [1.54, 1.807) is 0 Å². The number of hydrogen-bond donors (Lipinski definition) is 1. The van der Waals surface area contributed by atoms with Crippen LogP contribution in [-0.2, 0) is 0 Å². The van der Waals surface area contributed by atoms with Gasteiger partial charge in [-0.2, -0.15) is 0 Å². The van der Waals surface area contributed by atoms with Gasteiger partial charge in [-0.3, -0.25) is 0 Å². The second-order valence-electron chi connectivity index (χ2n) is 3.10. The minimum absolute atomic E-state index is 0.251. The van der Waals surface area contributed by atoms with E-state index in [4.69, 9.17) is 0 Å². The van der Waals surface area contributed by atoms with Crippen molar-refractivity contribution in [1.29, 1.82) is 0 Å². The van der Waals surface area contributed by atoms with Gasteiger partial charge in [-0.1, -0.05) is 15.9 Å². The van der Waals surface area contributed by atoms with E-state index in [0.717, 1.165) is 0 Å². The minimum Gasteiger partial charge on any atom is -0.335 e. The van der Waals surface area contributed by atoms with Gasteiger partial charge in [-0.05, 0) is 28.1 Å². The molecule has 2 rings (SSSR count). The number of halogens is 4. The molecule has 0 fully saturated rings. The summed E-state index contributed by atoms with van der Waals surface area (Å²) in [5.41, 5.74) is -0.251. The molecular formula is C10H5Br2F2N3. The van der Waals surface area contributed by atoms with Crippen LogP contribution in [0.25, 0.3) is 0 Å². The van der Waals surface area contributed by atoms with Gasteiger partial charge < -0.3 is 5.32 Å². The Morgan fingerprint density at radius 1 is 1.00 bits per heavy atom. The molecule has 0 aliphatic carbocycles. The number of aromatic nitrogens is 2. The van der Waals surface area contributed by atoms with Gasteiger partial charge in [0.15, 0.2) is 11.6 Å². The van der Waals surface area contributed by atoms with Gasteiger partial charge in [-0.15, -0.1) is 0 Å². The molecule has 0 bridgehead atoms. The maximum atomic E-state index is 13.5. The van der Waals surface area contributed by atoms with Crippen LogP contribution in [0.3, 0.4) is 0 Å². The standard InChI is InChI=1S/C10H5Br2F2N3/c11-5-1-6(13)10(7(14)2-5)17-9-3-8(12)15-4-16-9/h1-4H,(H,15,16,17). The molecule has 0 saturated carbocycles. The topological polar surface area (TPSA) is 37.8 Å². The molecule has 1 N–H and O–H groups in total. The van der Waals surface area contributed by atoms with Crippen LogP contribution >= 0.6 is 31.9 Å². The molecule has 0 radical (unpaired) electrons. The maximum absolute atomic E-state index is 13.5. The van der Waals surface area contributed by atoms with Gasteiger partial charge in [0.25, 0.3) is 0 Å². The van der Waals surface area contributed by atoms with Gasteiger partial charge in [0.05, 0.1) is 0 Å². The Morgan fingerprint density at radius 3 is 2.24 bits per heavy atom. The Balaban J connectivity index is 2.36. The Kier molecular flexibility index (Phi) is 3.68. The van der Waals surface area contributed by atoms with Crippen LogP contribution in [-0.4, -0.2) is 9.97 Å². The third-order valence-electron chi connectivity index (χ3n) is 1.89. The lowest BCUT2D eigenvalue weighted by Crippen LogP contribution is -2.00. The molecule has 1 aromatic heterocycles. The molecule has 17 heavy (non-hydrogen) atoms. The fourth-order valence-corrected chi connectivity index (χ4v) is 1.90. The Bertz CT molecular complexity index is 540. The van der Waals surface area contributed by atoms with E-state index in [1.165, 1.54) is 24.5 Å². The van der Waals surface area contributed by atoms with Crippen molar-refractivity contribution in [2.75, 3.05) is 5.32 Å². The lowest BCUT2D eigenvalue weighted by atomic mass is 10.3. The number of hydrogen-bond acceptors (Lipinski definition) is 3. The smallest absolute Gasteiger partial charge is 0.150 e. The van der Waals surface area contributed by atoms with Gasteiger partial charge in [0, 0.05) is 10.5 Å². The second-order valence-corrected chi connectivity index (χ2v) is 4.82. The molecule has 88 valence electrons. The molecule has 0 aliphatic rings. The van der Waals surface area contributed by atoms with Crippen LogP contribution < -0.4 is 5.32 Å². The highest BCUT2D eigenvalue weighted by molar-refractivity contribution is 9.10. The SMILES string of the molecule is Fc1cc(Br)cc(F)c1Nc1cc(Br)ncn1. The van der Waals surface area contributed by atoms with Crippen molar-refractivity contribution >= 4 is 43.4 Å². The van der Waals surface area contributed by atoms with Crippen molar-refractivity contribution in [2.24, 2.45) is 0 Å². The monoisotopic (exact) mass is 363 g/mol. The van der Waals surface area contributed by atoms with E-state index in [2.05, 4.69) is 47.1 Å². The molecule has 7 heteroatoms. The second kappa shape index (κ2) is 5.05. The first kappa shape index (κ1) is 12.4. The van der Waals surface area contributed by atoms with E-state index in [1.807, 2.05) is 0 Å². The number of nitrogens with one attached hydrogen (secondary N) is 1. The molecule has 0 aliphatic heterocycles. The molecule has 0 saturated heterocycles. The third kappa shape index (κ3) is 2.98. The normalized spacial score (nSPS) is 10.4. The van der Waals surface area contributed by atoms with Gasteiger partial charge in [0.2, 0.25) is 0 Å². The van der Waals surface area contributed by atoms with Crippen LogP contribution in [0.2, 0.25) is 0 Å². The van der Waals surface area contributed by atoms with E-state index < -0.39 is 11.6 Å². The van der Waals surface area contributed by atoms with Gasteiger partial charge in [0.1, 0.15) is 22.4 Å². The summed E-state index contributed by atoms with van der Waals surface area (Å²) in [6.45, 7) is 0. The fourth-order valence-electron chi connectivity index (χ4n) is 1.19. The van der Waals surface area contributed by atoms with E-state index >= 15 is 0 Å². The summed E-state index contributed by atoms with van der Waals surface area (Å²) in [4.78, 5) is 7.65. The molecule has 0 unspecified atom stereocenters. The van der Waals surface area contributed by atoms with Crippen LogP contribution in [0.5, 0.6) is 0 Å². The van der Waals surface area contributed by atoms with Crippen molar-refractivity contribution in [3.8, 4) is 0 Å². The number of anilines is 2. The first-order valence-corrected chi connectivity index (χ1v) is 6.04. The Labute approximate surface area is 113 Å². The highest BCUT2D eigenvalue weighted by atomic mass is 79.9. The fraction of sp³-hybridized carbons (Fsp3) is 0. The minimum atomic E-state index is -0.702. The van der Waals surface area contributed by atoms with E-state index in [9.17, 15) is 8.78 Å². The van der Waals surface area contributed by atoms with Crippen molar-refractivity contribution < 1.29 is 8.78 Å². The molecule has 1 aromatic carbocycles. The van der Waals surface area contributed by atoms with Gasteiger partial charge in [-0.25, -0.2) is 18.7 Å². The number of benzene rings is 1. The zero-order valence-electron chi connectivity index (χ0n) is 8.22. The largest absolute Gasteiger partial charge is 0.335 e. The third-order valence-corrected chi connectivity index (χ3v) is 2.79. The molecule has 0 amide bonds. The molecule has 3 nitrogen and oxygen atoms in total. The number of nitrogens with zero attached hydrogens (tertiary/aromatic N) is 2.